The highest BCUT2D eigenvalue weighted by Crippen LogP contribution is 2.18. The smallest absolute Gasteiger partial charge is 0.271 e. The van der Waals surface area contributed by atoms with Gasteiger partial charge in [-0.05, 0) is 35.3 Å². The van der Waals surface area contributed by atoms with Gasteiger partial charge in [0.15, 0.2) is 0 Å². The fourth-order valence-electron chi connectivity index (χ4n) is 1.92. The first-order valence-electron chi connectivity index (χ1n) is 6.20. The molecule has 1 amide bonds. The van der Waals surface area contributed by atoms with E-state index in [-0.39, 0.29) is 11.9 Å². The van der Waals surface area contributed by atoms with Crippen LogP contribution >= 0.6 is 15.9 Å². The monoisotopic (exact) mass is 321 g/mol. The Balaban J connectivity index is 2.15. The van der Waals surface area contributed by atoms with Gasteiger partial charge in [0.05, 0.1) is 16.7 Å². The van der Waals surface area contributed by atoms with Crippen LogP contribution in [-0.4, -0.2) is 15.7 Å². The van der Waals surface area contributed by atoms with E-state index in [2.05, 4.69) is 26.3 Å². The zero-order valence-corrected chi connectivity index (χ0v) is 12.5. The summed E-state index contributed by atoms with van der Waals surface area (Å²) in [6.07, 6.45) is 1.64. The number of hydrogen-bond donors (Lipinski definition) is 1. The molecule has 2 rings (SSSR count). The molecule has 19 heavy (non-hydrogen) atoms. The summed E-state index contributed by atoms with van der Waals surface area (Å²) in [5, 5.41) is 7.13. The molecule has 0 aliphatic rings. The molecule has 1 heterocycles. The van der Waals surface area contributed by atoms with E-state index in [1.54, 1.807) is 10.9 Å². The lowest BCUT2D eigenvalue weighted by atomic mass is 10.1. The van der Waals surface area contributed by atoms with Gasteiger partial charge in [0.25, 0.3) is 5.91 Å². The highest BCUT2D eigenvalue weighted by molar-refractivity contribution is 9.10. The number of aromatic nitrogens is 2. The van der Waals surface area contributed by atoms with Gasteiger partial charge in [-0.3, -0.25) is 9.48 Å². The molecular formula is C14H16BrN3O. The average Bonchev–Trinajstić information content (AvgIpc) is 2.80. The summed E-state index contributed by atoms with van der Waals surface area (Å²) >= 11 is 3.36. The van der Waals surface area contributed by atoms with Crippen molar-refractivity contribution in [1.29, 1.82) is 0 Å². The molecule has 1 aromatic heterocycles. The zero-order chi connectivity index (χ0) is 13.8. The van der Waals surface area contributed by atoms with Gasteiger partial charge in [0.1, 0.15) is 5.69 Å². The number of nitrogens with zero attached hydrogens (tertiary/aromatic N) is 2. The molecule has 0 spiro atoms. The molecule has 0 aliphatic heterocycles. The predicted molar refractivity (Wildman–Crippen MR) is 77.9 cm³/mol. The first kappa shape index (κ1) is 13.8. The van der Waals surface area contributed by atoms with Crippen molar-refractivity contribution in [2.75, 3.05) is 0 Å². The molecule has 0 bridgehead atoms. The number of carbonyl (C=O) groups excluding carboxylic acids is 1. The second-order valence-electron chi connectivity index (χ2n) is 4.26. The number of nitrogens with one attached hydrogen (secondary N) is 1. The maximum absolute atomic E-state index is 12.3. The van der Waals surface area contributed by atoms with Gasteiger partial charge in [0.2, 0.25) is 0 Å². The Morgan fingerprint density at radius 1 is 1.42 bits per heavy atom. The Hall–Kier alpha value is -1.62. The molecule has 0 unspecified atom stereocenters. The van der Waals surface area contributed by atoms with Gasteiger partial charge >= 0.3 is 0 Å². The van der Waals surface area contributed by atoms with Crippen LogP contribution in [0.3, 0.4) is 0 Å². The van der Waals surface area contributed by atoms with E-state index in [1.807, 2.05) is 44.2 Å². The SMILES string of the molecule is CCn1ncc(Br)c1C(=O)N[C@@H](C)c1ccccc1. The number of benzene rings is 1. The fraction of sp³-hybridized carbons (Fsp3) is 0.286. The molecule has 1 N–H and O–H groups in total. The summed E-state index contributed by atoms with van der Waals surface area (Å²) < 4.78 is 2.39. The van der Waals surface area contributed by atoms with Crippen LogP contribution in [0.5, 0.6) is 0 Å². The van der Waals surface area contributed by atoms with Gasteiger partial charge in [-0.2, -0.15) is 5.10 Å². The second kappa shape index (κ2) is 6.02. The van der Waals surface area contributed by atoms with Crippen molar-refractivity contribution in [3.8, 4) is 0 Å². The van der Waals surface area contributed by atoms with E-state index in [0.717, 1.165) is 5.56 Å². The molecule has 0 radical (unpaired) electrons. The van der Waals surface area contributed by atoms with Crippen LogP contribution in [-0.2, 0) is 6.54 Å². The number of rotatable bonds is 4. The summed E-state index contributed by atoms with van der Waals surface area (Å²) in [4.78, 5) is 12.3. The van der Waals surface area contributed by atoms with Crippen LogP contribution in [0, 0.1) is 0 Å². The first-order chi connectivity index (χ1) is 9.13. The first-order valence-corrected chi connectivity index (χ1v) is 7.00. The number of halogens is 1. The van der Waals surface area contributed by atoms with Crippen molar-refractivity contribution in [3.63, 3.8) is 0 Å². The van der Waals surface area contributed by atoms with Crippen molar-refractivity contribution < 1.29 is 4.79 Å². The van der Waals surface area contributed by atoms with E-state index in [0.29, 0.717) is 16.7 Å². The van der Waals surface area contributed by atoms with Crippen molar-refractivity contribution in [2.24, 2.45) is 0 Å². The van der Waals surface area contributed by atoms with E-state index in [1.165, 1.54) is 0 Å². The molecule has 1 atom stereocenters. The number of amides is 1. The van der Waals surface area contributed by atoms with Crippen LogP contribution in [0.4, 0.5) is 0 Å². The third-order valence-electron chi connectivity index (χ3n) is 2.96. The zero-order valence-electron chi connectivity index (χ0n) is 10.9. The van der Waals surface area contributed by atoms with Crippen LogP contribution in [0.25, 0.3) is 0 Å². The molecule has 5 heteroatoms. The maximum Gasteiger partial charge on any atom is 0.271 e. The Labute approximate surface area is 120 Å². The van der Waals surface area contributed by atoms with Crippen molar-refractivity contribution >= 4 is 21.8 Å². The van der Waals surface area contributed by atoms with E-state index >= 15 is 0 Å². The highest BCUT2D eigenvalue weighted by atomic mass is 79.9. The molecule has 0 aliphatic carbocycles. The summed E-state index contributed by atoms with van der Waals surface area (Å²) in [6.45, 7) is 4.58. The molecular weight excluding hydrogens is 306 g/mol. The average molecular weight is 322 g/mol. The second-order valence-corrected chi connectivity index (χ2v) is 5.12. The van der Waals surface area contributed by atoms with Crippen LogP contribution in [0.2, 0.25) is 0 Å². The molecule has 2 aromatic rings. The van der Waals surface area contributed by atoms with Crippen LogP contribution < -0.4 is 5.32 Å². The van der Waals surface area contributed by atoms with Gasteiger partial charge in [-0.25, -0.2) is 0 Å². The minimum absolute atomic E-state index is 0.0409. The van der Waals surface area contributed by atoms with Crippen molar-refractivity contribution in [1.82, 2.24) is 15.1 Å². The summed E-state index contributed by atoms with van der Waals surface area (Å²) in [5.41, 5.74) is 1.64. The summed E-state index contributed by atoms with van der Waals surface area (Å²) in [7, 11) is 0. The van der Waals surface area contributed by atoms with Crippen LogP contribution in [0.1, 0.15) is 35.9 Å². The number of carbonyl (C=O) groups is 1. The summed E-state index contributed by atoms with van der Waals surface area (Å²) in [5.74, 6) is -0.123. The standard InChI is InChI=1S/C14H16BrN3O/c1-3-18-13(12(15)9-16-18)14(19)17-10(2)11-7-5-4-6-8-11/h4-10H,3H2,1-2H3,(H,17,19)/t10-/m0/s1. The van der Waals surface area contributed by atoms with Gasteiger partial charge in [0, 0.05) is 6.54 Å². The lowest BCUT2D eigenvalue weighted by Crippen LogP contribution is -2.29. The van der Waals surface area contributed by atoms with Gasteiger partial charge in [-0.15, -0.1) is 0 Å². The molecule has 100 valence electrons. The van der Waals surface area contributed by atoms with E-state index in [9.17, 15) is 4.79 Å². The Morgan fingerprint density at radius 3 is 2.74 bits per heavy atom. The third kappa shape index (κ3) is 3.04. The lowest BCUT2D eigenvalue weighted by Gasteiger charge is -2.15. The topological polar surface area (TPSA) is 46.9 Å². The minimum atomic E-state index is -0.123. The molecule has 4 nitrogen and oxygen atoms in total. The summed E-state index contributed by atoms with van der Waals surface area (Å²) in [6, 6.07) is 9.84. The molecule has 1 aromatic carbocycles. The van der Waals surface area contributed by atoms with Crippen LogP contribution in [0.15, 0.2) is 41.0 Å². The van der Waals surface area contributed by atoms with Gasteiger partial charge in [-0.1, -0.05) is 30.3 Å². The predicted octanol–water partition coefficient (Wildman–Crippen LogP) is 3.16. The number of hydrogen-bond acceptors (Lipinski definition) is 2. The fourth-order valence-corrected chi connectivity index (χ4v) is 2.39. The highest BCUT2D eigenvalue weighted by Gasteiger charge is 2.18. The minimum Gasteiger partial charge on any atom is -0.344 e. The Bertz CT molecular complexity index is 565. The molecule has 0 saturated heterocycles. The third-order valence-corrected chi connectivity index (χ3v) is 3.54. The molecule has 0 fully saturated rings. The van der Waals surface area contributed by atoms with E-state index < -0.39 is 0 Å². The maximum atomic E-state index is 12.3. The Morgan fingerprint density at radius 2 is 2.11 bits per heavy atom. The van der Waals surface area contributed by atoms with E-state index in [4.69, 9.17) is 0 Å². The van der Waals surface area contributed by atoms with Gasteiger partial charge < -0.3 is 5.32 Å². The Kier molecular flexibility index (Phi) is 4.37. The number of aryl methyl sites for hydroxylation is 1. The van der Waals surface area contributed by atoms with Crippen molar-refractivity contribution in [3.05, 3.63) is 52.3 Å². The quantitative estimate of drug-likeness (QED) is 0.940. The largest absolute Gasteiger partial charge is 0.344 e. The molecule has 0 saturated carbocycles. The van der Waals surface area contributed by atoms with Crippen molar-refractivity contribution in [2.45, 2.75) is 26.4 Å². The lowest BCUT2D eigenvalue weighted by molar-refractivity contribution is 0.0928. The normalized spacial score (nSPS) is 12.2.